The Balaban J connectivity index is 2.12. The highest BCUT2D eigenvalue weighted by Gasteiger charge is 2.14. The molecule has 0 spiro atoms. The summed E-state index contributed by atoms with van der Waals surface area (Å²) in [5.41, 5.74) is 2.28. The summed E-state index contributed by atoms with van der Waals surface area (Å²) in [6, 6.07) is 13.9. The molecule has 0 saturated carbocycles. The van der Waals surface area contributed by atoms with Crippen molar-refractivity contribution in [2.75, 3.05) is 0 Å². The Morgan fingerprint density at radius 2 is 1.75 bits per heavy atom. The van der Waals surface area contributed by atoms with Crippen LogP contribution in [0.25, 0.3) is 0 Å². The van der Waals surface area contributed by atoms with Crippen LogP contribution in [0.15, 0.2) is 51.4 Å². The van der Waals surface area contributed by atoms with Crippen molar-refractivity contribution in [1.29, 1.82) is 0 Å². The zero-order valence-electron chi connectivity index (χ0n) is 11.4. The van der Waals surface area contributed by atoms with Crippen molar-refractivity contribution < 1.29 is 5.11 Å². The molecule has 0 fully saturated rings. The van der Waals surface area contributed by atoms with Gasteiger partial charge in [-0.25, -0.2) is 0 Å². The molecule has 0 aliphatic carbocycles. The van der Waals surface area contributed by atoms with Crippen LogP contribution in [0.3, 0.4) is 0 Å². The van der Waals surface area contributed by atoms with Crippen molar-refractivity contribution in [2.45, 2.75) is 25.9 Å². The third kappa shape index (κ3) is 3.84. The fourth-order valence-corrected chi connectivity index (χ4v) is 3.60. The van der Waals surface area contributed by atoms with E-state index in [1.165, 1.54) is 5.56 Å². The molecule has 4 heteroatoms. The van der Waals surface area contributed by atoms with Crippen LogP contribution in [-0.2, 0) is 0 Å². The molecule has 2 N–H and O–H groups in total. The molecule has 0 bridgehead atoms. The van der Waals surface area contributed by atoms with Gasteiger partial charge in [0.25, 0.3) is 0 Å². The highest BCUT2D eigenvalue weighted by atomic mass is 79.9. The first-order valence-corrected chi connectivity index (χ1v) is 8.06. The van der Waals surface area contributed by atoms with Gasteiger partial charge in [-0.05, 0) is 49.2 Å². The molecule has 2 unspecified atom stereocenters. The van der Waals surface area contributed by atoms with Crippen molar-refractivity contribution in [3.8, 4) is 5.75 Å². The quantitative estimate of drug-likeness (QED) is 0.729. The maximum absolute atomic E-state index is 9.55. The van der Waals surface area contributed by atoms with Crippen molar-refractivity contribution in [3.63, 3.8) is 0 Å². The first kappa shape index (κ1) is 15.5. The van der Waals surface area contributed by atoms with Crippen LogP contribution in [0, 0.1) is 0 Å². The van der Waals surface area contributed by atoms with E-state index >= 15 is 0 Å². The Morgan fingerprint density at radius 1 is 1.00 bits per heavy atom. The lowest BCUT2D eigenvalue weighted by atomic mass is 10.0. The number of aromatic hydroxyl groups is 1. The number of phenols is 1. The maximum atomic E-state index is 9.55. The predicted molar refractivity (Wildman–Crippen MR) is 89.9 cm³/mol. The van der Waals surface area contributed by atoms with Gasteiger partial charge in [0.05, 0.1) is 0 Å². The monoisotopic (exact) mass is 397 g/mol. The van der Waals surface area contributed by atoms with E-state index in [-0.39, 0.29) is 12.1 Å². The summed E-state index contributed by atoms with van der Waals surface area (Å²) in [4.78, 5) is 0. The molecule has 2 atom stereocenters. The summed E-state index contributed by atoms with van der Waals surface area (Å²) in [5.74, 6) is 0.300. The third-order valence-electron chi connectivity index (χ3n) is 3.30. The van der Waals surface area contributed by atoms with Gasteiger partial charge < -0.3 is 10.4 Å². The first-order chi connectivity index (χ1) is 9.47. The summed E-state index contributed by atoms with van der Waals surface area (Å²) in [7, 11) is 0. The van der Waals surface area contributed by atoms with Crippen molar-refractivity contribution >= 4 is 31.9 Å². The second-order valence-electron chi connectivity index (χ2n) is 4.87. The van der Waals surface area contributed by atoms with Crippen molar-refractivity contribution in [1.82, 2.24) is 5.32 Å². The zero-order chi connectivity index (χ0) is 14.7. The Morgan fingerprint density at radius 3 is 2.40 bits per heavy atom. The molecule has 106 valence electrons. The number of phenolic OH excluding ortho intramolecular Hbond substituents is 1. The van der Waals surface area contributed by atoms with Crippen molar-refractivity contribution in [2.24, 2.45) is 0 Å². The van der Waals surface area contributed by atoms with E-state index in [1.807, 2.05) is 24.3 Å². The second-order valence-corrected chi connectivity index (χ2v) is 6.64. The van der Waals surface area contributed by atoms with Crippen LogP contribution in [0.2, 0.25) is 0 Å². The second kappa shape index (κ2) is 6.74. The molecule has 20 heavy (non-hydrogen) atoms. The maximum Gasteiger partial charge on any atom is 0.115 e. The van der Waals surface area contributed by atoms with Crippen LogP contribution in [-0.4, -0.2) is 5.11 Å². The van der Waals surface area contributed by atoms with Gasteiger partial charge in [0.1, 0.15) is 5.75 Å². The number of nitrogens with one attached hydrogen (secondary N) is 1. The molecule has 0 heterocycles. The Labute approximate surface area is 136 Å². The average Bonchev–Trinajstić information content (AvgIpc) is 2.38. The minimum atomic E-state index is 0.160. The van der Waals surface area contributed by atoms with Gasteiger partial charge in [0.15, 0.2) is 0 Å². The number of halogens is 2. The molecule has 0 saturated heterocycles. The highest BCUT2D eigenvalue weighted by Crippen LogP contribution is 2.28. The molecule has 0 aliphatic rings. The standard InChI is InChI=1S/C16H17Br2NO/c1-10(12-4-3-5-14(20)8-12)19-11(2)15-7-6-13(17)9-16(15)18/h3-11,19-20H,1-2H3. The number of hydrogen-bond acceptors (Lipinski definition) is 2. The normalized spacial score (nSPS) is 14.0. The van der Waals surface area contributed by atoms with E-state index in [2.05, 4.69) is 57.1 Å². The molecule has 2 rings (SSSR count). The number of rotatable bonds is 4. The molecule has 2 nitrogen and oxygen atoms in total. The number of hydrogen-bond donors (Lipinski definition) is 2. The fourth-order valence-electron chi connectivity index (χ4n) is 2.21. The lowest BCUT2D eigenvalue weighted by Crippen LogP contribution is -2.22. The summed E-state index contributed by atoms with van der Waals surface area (Å²) in [6.45, 7) is 4.23. The van der Waals surface area contributed by atoms with Gasteiger partial charge in [0.2, 0.25) is 0 Å². The van der Waals surface area contributed by atoms with Gasteiger partial charge >= 0.3 is 0 Å². The molecule has 0 amide bonds. The van der Waals surface area contributed by atoms with Crippen LogP contribution in [0.4, 0.5) is 0 Å². The van der Waals surface area contributed by atoms with Gasteiger partial charge in [-0.2, -0.15) is 0 Å². The topological polar surface area (TPSA) is 32.3 Å². The lowest BCUT2D eigenvalue weighted by molar-refractivity contribution is 0.466. The zero-order valence-corrected chi connectivity index (χ0v) is 14.6. The van der Waals surface area contributed by atoms with E-state index in [1.54, 1.807) is 12.1 Å². The molecule has 0 aliphatic heterocycles. The van der Waals surface area contributed by atoms with Gasteiger partial charge in [-0.15, -0.1) is 0 Å². The minimum Gasteiger partial charge on any atom is -0.508 e. The lowest BCUT2D eigenvalue weighted by Gasteiger charge is -2.22. The smallest absolute Gasteiger partial charge is 0.115 e. The largest absolute Gasteiger partial charge is 0.508 e. The van der Waals surface area contributed by atoms with Crippen LogP contribution < -0.4 is 5.32 Å². The predicted octanol–water partition coefficient (Wildman–Crippen LogP) is 5.33. The Bertz CT molecular complexity index is 601. The molecule has 0 radical (unpaired) electrons. The van der Waals surface area contributed by atoms with Gasteiger partial charge in [-0.3, -0.25) is 0 Å². The van der Waals surface area contributed by atoms with E-state index in [4.69, 9.17) is 0 Å². The summed E-state index contributed by atoms with van der Waals surface area (Å²) < 4.78 is 2.14. The van der Waals surface area contributed by atoms with Crippen LogP contribution in [0.1, 0.15) is 37.1 Å². The van der Waals surface area contributed by atoms with Crippen LogP contribution >= 0.6 is 31.9 Å². The summed E-state index contributed by atoms with van der Waals surface area (Å²) in [6.07, 6.45) is 0. The molecule has 2 aromatic carbocycles. The molecular formula is C16H17Br2NO. The van der Waals surface area contributed by atoms with E-state index < -0.39 is 0 Å². The Hall–Kier alpha value is -0.840. The van der Waals surface area contributed by atoms with Crippen molar-refractivity contribution in [3.05, 3.63) is 62.5 Å². The number of benzene rings is 2. The SMILES string of the molecule is CC(NC(C)c1ccc(Br)cc1Br)c1cccc(O)c1. The first-order valence-electron chi connectivity index (χ1n) is 6.47. The summed E-state index contributed by atoms with van der Waals surface area (Å²) >= 11 is 7.06. The fraction of sp³-hybridized carbons (Fsp3) is 0.250. The Kier molecular flexibility index (Phi) is 5.24. The average molecular weight is 399 g/mol. The van der Waals surface area contributed by atoms with E-state index in [0.29, 0.717) is 5.75 Å². The summed E-state index contributed by atoms with van der Waals surface area (Å²) in [5, 5.41) is 13.1. The molecule has 2 aromatic rings. The van der Waals surface area contributed by atoms with Crippen LogP contribution in [0.5, 0.6) is 5.75 Å². The highest BCUT2D eigenvalue weighted by molar-refractivity contribution is 9.11. The minimum absolute atomic E-state index is 0.160. The van der Waals surface area contributed by atoms with Gasteiger partial charge in [0, 0.05) is 21.0 Å². The van der Waals surface area contributed by atoms with Gasteiger partial charge in [-0.1, -0.05) is 50.1 Å². The van der Waals surface area contributed by atoms with E-state index in [0.717, 1.165) is 14.5 Å². The third-order valence-corrected chi connectivity index (χ3v) is 4.48. The van der Waals surface area contributed by atoms with E-state index in [9.17, 15) is 5.11 Å². The molecular weight excluding hydrogens is 382 g/mol. The molecule has 0 aromatic heterocycles.